The molecule has 2 rings (SSSR count). The topological polar surface area (TPSA) is 76.0 Å². The number of hydrogen-bond donors (Lipinski definition) is 1. The summed E-state index contributed by atoms with van der Waals surface area (Å²) in [6.45, 7) is 5.74. The van der Waals surface area contributed by atoms with Gasteiger partial charge in [-0.2, -0.15) is 0 Å². The zero-order valence-corrected chi connectivity index (χ0v) is 12.4. The van der Waals surface area contributed by atoms with Gasteiger partial charge < -0.3 is 5.11 Å². The molecule has 0 spiro atoms. The molecule has 0 amide bonds. The smallest absolute Gasteiger partial charge is 0.335 e. The van der Waals surface area contributed by atoms with Crippen LogP contribution >= 0.6 is 11.8 Å². The summed E-state index contributed by atoms with van der Waals surface area (Å²) in [6.07, 6.45) is 0.683. The zero-order chi connectivity index (χ0) is 14.7. The van der Waals surface area contributed by atoms with Crippen molar-refractivity contribution in [2.75, 3.05) is 0 Å². The van der Waals surface area contributed by atoms with Gasteiger partial charge in [0.05, 0.1) is 5.56 Å². The predicted molar refractivity (Wildman–Crippen MR) is 76.2 cm³/mol. The Hall–Kier alpha value is -1.95. The lowest BCUT2D eigenvalue weighted by molar-refractivity contribution is 0.0696. The average Bonchev–Trinajstić information content (AvgIpc) is 2.36. The van der Waals surface area contributed by atoms with E-state index in [0.29, 0.717) is 16.6 Å². The van der Waals surface area contributed by atoms with E-state index in [2.05, 4.69) is 15.0 Å². The van der Waals surface area contributed by atoms with Gasteiger partial charge in [0, 0.05) is 17.1 Å². The number of aromatic nitrogens is 3. The highest BCUT2D eigenvalue weighted by molar-refractivity contribution is 7.99. The van der Waals surface area contributed by atoms with E-state index in [1.807, 2.05) is 26.8 Å². The number of aromatic carboxylic acids is 1. The van der Waals surface area contributed by atoms with Gasteiger partial charge in [0.15, 0.2) is 5.16 Å². The lowest BCUT2D eigenvalue weighted by atomic mass is 10.2. The standard InChI is InChI=1S/C14H15N3O2S/c1-4-11-6-10(13(18)19)7-12(17-11)20-14-15-8(2)5-9(3)16-14/h5-7H,4H2,1-3H3,(H,18,19). The third-order valence-electron chi connectivity index (χ3n) is 2.62. The van der Waals surface area contributed by atoms with Gasteiger partial charge >= 0.3 is 5.97 Å². The van der Waals surface area contributed by atoms with Crippen molar-refractivity contribution in [3.8, 4) is 0 Å². The molecule has 0 saturated carbocycles. The second kappa shape index (κ2) is 6.00. The molecule has 0 fully saturated rings. The van der Waals surface area contributed by atoms with Crippen molar-refractivity contribution in [1.29, 1.82) is 0 Å². The molecule has 2 aromatic rings. The molecule has 2 heterocycles. The van der Waals surface area contributed by atoms with Gasteiger partial charge in [-0.05, 0) is 50.2 Å². The summed E-state index contributed by atoms with van der Waals surface area (Å²) >= 11 is 1.28. The van der Waals surface area contributed by atoms with Crippen LogP contribution in [-0.4, -0.2) is 26.0 Å². The van der Waals surface area contributed by atoms with Gasteiger partial charge in [0.2, 0.25) is 0 Å². The van der Waals surface area contributed by atoms with E-state index in [-0.39, 0.29) is 5.56 Å². The molecule has 1 N–H and O–H groups in total. The number of carboxylic acid groups (broad SMARTS) is 1. The summed E-state index contributed by atoms with van der Waals surface area (Å²) in [5, 5.41) is 10.3. The van der Waals surface area contributed by atoms with Gasteiger partial charge in [0.1, 0.15) is 5.03 Å². The molecule has 0 aliphatic rings. The van der Waals surface area contributed by atoms with E-state index < -0.39 is 5.97 Å². The Kier molecular flexibility index (Phi) is 4.34. The average molecular weight is 289 g/mol. The molecular formula is C14H15N3O2S. The minimum absolute atomic E-state index is 0.240. The zero-order valence-electron chi connectivity index (χ0n) is 11.5. The fraction of sp³-hybridized carbons (Fsp3) is 0.286. The van der Waals surface area contributed by atoms with Crippen LogP contribution in [0, 0.1) is 13.8 Å². The number of hydrogen-bond acceptors (Lipinski definition) is 5. The van der Waals surface area contributed by atoms with Crippen LogP contribution in [0.5, 0.6) is 0 Å². The first kappa shape index (κ1) is 14.5. The van der Waals surface area contributed by atoms with Crippen LogP contribution in [0.4, 0.5) is 0 Å². The minimum atomic E-state index is -0.953. The third kappa shape index (κ3) is 3.54. The van der Waals surface area contributed by atoms with Gasteiger partial charge in [-0.25, -0.2) is 19.7 Å². The van der Waals surface area contributed by atoms with Crippen molar-refractivity contribution in [2.45, 2.75) is 37.4 Å². The Bertz CT molecular complexity index is 639. The first-order valence-electron chi connectivity index (χ1n) is 6.22. The molecule has 104 valence electrons. The Morgan fingerprint density at radius 3 is 2.35 bits per heavy atom. The highest BCUT2D eigenvalue weighted by atomic mass is 32.2. The maximum absolute atomic E-state index is 11.1. The molecule has 0 saturated heterocycles. The third-order valence-corrected chi connectivity index (χ3v) is 3.41. The molecule has 0 unspecified atom stereocenters. The number of rotatable bonds is 4. The van der Waals surface area contributed by atoms with Crippen LogP contribution in [0.1, 0.15) is 34.4 Å². The van der Waals surface area contributed by atoms with E-state index in [4.69, 9.17) is 5.11 Å². The van der Waals surface area contributed by atoms with Gasteiger partial charge in [-0.15, -0.1) is 0 Å². The van der Waals surface area contributed by atoms with Crippen molar-refractivity contribution >= 4 is 17.7 Å². The maximum atomic E-state index is 11.1. The number of carboxylic acids is 1. The fourth-order valence-electron chi connectivity index (χ4n) is 1.75. The molecule has 0 radical (unpaired) electrons. The molecular weight excluding hydrogens is 274 g/mol. The summed E-state index contributed by atoms with van der Waals surface area (Å²) < 4.78 is 0. The van der Waals surface area contributed by atoms with Crippen molar-refractivity contribution < 1.29 is 9.90 Å². The van der Waals surface area contributed by atoms with Crippen molar-refractivity contribution in [1.82, 2.24) is 15.0 Å². The Morgan fingerprint density at radius 2 is 1.80 bits per heavy atom. The van der Waals surface area contributed by atoms with E-state index >= 15 is 0 Å². The number of nitrogens with zero attached hydrogens (tertiary/aromatic N) is 3. The molecule has 0 atom stereocenters. The lowest BCUT2D eigenvalue weighted by Crippen LogP contribution is -2.01. The molecule has 0 aliphatic heterocycles. The normalized spacial score (nSPS) is 10.6. The van der Waals surface area contributed by atoms with Gasteiger partial charge in [-0.1, -0.05) is 6.92 Å². The first-order chi connectivity index (χ1) is 9.47. The Balaban J connectivity index is 2.37. The molecule has 20 heavy (non-hydrogen) atoms. The molecule has 0 bridgehead atoms. The Morgan fingerprint density at radius 1 is 1.15 bits per heavy atom. The summed E-state index contributed by atoms with van der Waals surface area (Å²) in [6, 6.07) is 5.03. The van der Waals surface area contributed by atoms with E-state index in [9.17, 15) is 4.79 Å². The predicted octanol–water partition coefficient (Wildman–Crippen LogP) is 2.90. The molecule has 2 aromatic heterocycles. The van der Waals surface area contributed by atoms with E-state index in [0.717, 1.165) is 17.1 Å². The summed E-state index contributed by atoms with van der Waals surface area (Å²) in [7, 11) is 0. The van der Waals surface area contributed by atoms with Crippen LogP contribution in [0.2, 0.25) is 0 Å². The molecule has 0 aliphatic carbocycles. The number of pyridine rings is 1. The highest BCUT2D eigenvalue weighted by Gasteiger charge is 2.10. The second-order valence-corrected chi connectivity index (χ2v) is 5.37. The highest BCUT2D eigenvalue weighted by Crippen LogP contribution is 2.25. The molecule has 0 aromatic carbocycles. The van der Waals surface area contributed by atoms with Crippen LogP contribution in [0.3, 0.4) is 0 Å². The monoisotopic (exact) mass is 289 g/mol. The second-order valence-electron chi connectivity index (χ2n) is 4.38. The number of carbonyl (C=O) groups is 1. The summed E-state index contributed by atoms with van der Waals surface area (Å²) in [5.74, 6) is -0.953. The van der Waals surface area contributed by atoms with Crippen LogP contribution in [0.25, 0.3) is 0 Å². The first-order valence-corrected chi connectivity index (χ1v) is 7.04. The van der Waals surface area contributed by atoms with E-state index in [1.54, 1.807) is 12.1 Å². The largest absolute Gasteiger partial charge is 0.478 e. The summed E-state index contributed by atoms with van der Waals surface area (Å²) in [5.41, 5.74) is 2.75. The molecule has 5 nitrogen and oxygen atoms in total. The van der Waals surface area contributed by atoms with Crippen molar-refractivity contribution in [3.05, 3.63) is 40.8 Å². The van der Waals surface area contributed by atoms with Crippen LogP contribution < -0.4 is 0 Å². The maximum Gasteiger partial charge on any atom is 0.335 e. The fourth-order valence-corrected chi connectivity index (χ4v) is 2.67. The van der Waals surface area contributed by atoms with Crippen LogP contribution in [-0.2, 0) is 6.42 Å². The van der Waals surface area contributed by atoms with Crippen molar-refractivity contribution in [2.24, 2.45) is 0 Å². The Labute approximate surface area is 121 Å². The van der Waals surface area contributed by atoms with Crippen molar-refractivity contribution in [3.63, 3.8) is 0 Å². The summed E-state index contributed by atoms with van der Waals surface area (Å²) in [4.78, 5) is 24.2. The van der Waals surface area contributed by atoms with Crippen LogP contribution in [0.15, 0.2) is 28.4 Å². The van der Waals surface area contributed by atoms with Gasteiger partial charge in [-0.3, -0.25) is 0 Å². The minimum Gasteiger partial charge on any atom is -0.478 e. The van der Waals surface area contributed by atoms with E-state index in [1.165, 1.54) is 11.8 Å². The lowest BCUT2D eigenvalue weighted by Gasteiger charge is -2.05. The number of aryl methyl sites for hydroxylation is 3. The quantitative estimate of drug-likeness (QED) is 0.872. The SMILES string of the molecule is CCc1cc(C(=O)O)cc(Sc2nc(C)cc(C)n2)n1. The van der Waals surface area contributed by atoms with Gasteiger partial charge in [0.25, 0.3) is 0 Å². The molecule has 6 heteroatoms.